The topological polar surface area (TPSA) is 188 Å². The molecule has 0 spiro atoms. The zero-order chi connectivity index (χ0) is 16.9. The largest absolute Gasteiger partial charge is 0.856 e. The quantitative estimate of drug-likeness (QED) is 0.258. The standard InChI is InChI=1S/C9H13N5O3.H2O4S/c1-13-4-14(5-17-3-2-15)7-6(13)8(16)12-9(10)11-7;1-5(2,3)4/h4,15H,2-3,5H2,1H3,(H2-,10,11,12,16);(H2,1,2,3,4). The van der Waals surface area contributed by atoms with Gasteiger partial charge in [0, 0.05) is 5.88 Å². The maximum absolute atomic E-state index is 11.6. The van der Waals surface area contributed by atoms with Gasteiger partial charge in [-0.05, 0) is 0 Å². The second-order valence-electron chi connectivity index (χ2n) is 3.96. The second kappa shape index (κ2) is 7.28. The summed E-state index contributed by atoms with van der Waals surface area (Å²) in [6.45, 7) is 0.344. The number of aryl methyl sites for hydroxylation is 1. The lowest BCUT2D eigenvalue weighted by Crippen LogP contribution is -2.35. The molecule has 0 saturated carbocycles. The van der Waals surface area contributed by atoms with E-state index >= 15 is 0 Å². The SMILES string of the molecule is Cn1c[n+](COCCO)c2nc(N)nc([O-])c21.O=S(=O)(O)O. The summed E-state index contributed by atoms with van der Waals surface area (Å²) in [5.74, 6) is -0.486. The summed E-state index contributed by atoms with van der Waals surface area (Å²) in [5.41, 5.74) is 6.22. The fourth-order valence-corrected chi connectivity index (χ4v) is 1.59. The lowest BCUT2D eigenvalue weighted by Gasteiger charge is -2.03. The zero-order valence-electron chi connectivity index (χ0n) is 11.4. The Morgan fingerprint density at radius 3 is 2.59 bits per heavy atom. The van der Waals surface area contributed by atoms with Crippen molar-refractivity contribution in [2.75, 3.05) is 18.9 Å². The first kappa shape index (κ1) is 18.0. The number of hydrogen-bond acceptors (Lipinski definition) is 8. The minimum absolute atomic E-state index is 0.0603. The van der Waals surface area contributed by atoms with Crippen molar-refractivity contribution < 1.29 is 37.0 Å². The van der Waals surface area contributed by atoms with Crippen LogP contribution in [0.4, 0.5) is 5.95 Å². The van der Waals surface area contributed by atoms with Crippen LogP contribution >= 0.6 is 0 Å². The van der Waals surface area contributed by atoms with Gasteiger partial charge in [-0.1, -0.05) is 4.98 Å². The summed E-state index contributed by atoms with van der Waals surface area (Å²) >= 11 is 0. The van der Waals surface area contributed by atoms with Gasteiger partial charge >= 0.3 is 16.0 Å². The number of aromatic nitrogens is 4. The molecule has 0 bridgehead atoms. The highest BCUT2D eigenvalue weighted by Crippen LogP contribution is 2.16. The van der Waals surface area contributed by atoms with E-state index in [0.717, 1.165) is 0 Å². The lowest BCUT2D eigenvalue weighted by molar-refractivity contribution is -0.711. The van der Waals surface area contributed by atoms with E-state index in [1.54, 1.807) is 22.5 Å². The van der Waals surface area contributed by atoms with Gasteiger partial charge in [-0.2, -0.15) is 8.42 Å². The molecule has 0 aliphatic heterocycles. The monoisotopic (exact) mass is 337 g/mol. The predicted molar refractivity (Wildman–Crippen MR) is 69.8 cm³/mol. The maximum atomic E-state index is 11.6. The van der Waals surface area contributed by atoms with Crippen LogP contribution in [0.5, 0.6) is 5.88 Å². The Hall–Kier alpha value is -2.06. The van der Waals surface area contributed by atoms with Crippen molar-refractivity contribution in [3.05, 3.63) is 6.33 Å². The Kier molecular flexibility index (Phi) is 5.95. The summed E-state index contributed by atoms with van der Waals surface area (Å²) in [4.78, 5) is 7.57. The maximum Gasteiger partial charge on any atom is 0.394 e. The van der Waals surface area contributed by atoms with Crippen LogP contribution in [-0.4, -0.2) is 50.4 Å². The van der Waals surface area contributed by atoms with Crippen LogP contribution in [0.25, 0.3) is 11.2 Å². The fourth-order valence-electron chi connectivity index (χ4n) is 1.59. The first-order valence-electron chi connectivity index (χ1n) is 5.71. The molecule has 0 saturated heterocycles. The second-order valence-corrected chi connectivity index (χ2v) is 4.86. The highest BCUT2D eigenvalue weighted by atomic mass is 32.3. The first-order chi connectivity index (χ1) is 10.1. The van der Waals surface area contributed by atoms with Crippen LogP contribution in [0.2, 0.25) is 0 Å². The molecule has 0 radical (unpaired) electrons. The van der Waals surface area contributed by atoms with Crippen LogP contribution in [0.15, 0.2) is 6.33 Å². The van der Waals surface area contributed by atoms with Gasteiger partial charge in [0.25, 0.3) is 5.95 Å². The highest BCUT2D eigenvalue weighted by molar-refractivity contribution is 7.79. The van der Waals surface area contributed by atoms with Crippen molar-refractivity contribution in [2.24, 2.45) is 7.05 Å². The van der Waals surface area contributed by atoms with E-state index in [2.05, 4.69) is 9.97 Å². The van der Waals surface area contributed by atoms with Crippen LogP contribution in [0, 0.1) is 0 Å². The Labute approximate surface area is 125 Å². The van der Waals surface area contributed by atoms with E-state index in [0.29, 0.717) is 11.2 Å². The van der Waals surface area contributed by atoms with Gasteiger partial charge in [-0.3, -0.25) is 13.7 Å². The Morgan fingerprint density at radius 2 is 2.05 bits per heavy atom. The molecule has 5 N–H and O–H groups in total. The van der Waals surface area contributed by atoms with E-state index in [9.17, 15) is 5.11 Å². The van der Waals surface area contributed by atoms with E-state index < -0.39 is 16.3 Å². The van der Waals surface area contributed by atoms with Gasteiger partial charge in [-0.25, -0.2) is 9.55 Å². The Balaban J connectivity index is 0.000000422. The Bertz CT molecular complexity index is 736. The zero-order valence-corrected chi connectivity index (χ0v) is 12.3. The molecule has 0 unspecified atom stereocenters. The average molecular weight is 337 g/mol. The van der Waals surface area contributed by atoms with Crippen molar-refractivity contribution in [3.63, 3.8) is 0 Å². The summed E-state index contributed by atoms with van der Waals surface area (Å²) in [5, 5.41) is 20.2. The van der Waals surface area contributed by atoms with Crippen molar-refractivity contribution >= 4 is 27.5 Å². The van der Waals surface area contributed by atoms with Crippen LogP contribution in [-0.2, 0) is 28.9 Å². The molecule has 0 aromatic carbocycles. The molecule has 13 heteroatoms. The number of nitrogen functional groups attached to an aromatic ring is 1. The lowest BCUT2D eigenvalue weighted by atomic mass is 10.5. The molecular weight excluding hydrogens is 322 g/mol. The van der Waals surface area contributed by atoms with Gasteiger partial charge in [-0.15, -0.1) is 0 Å². The molecule has 0 atom stereocenters. The number of ether oxygens (including phenoxy) is 1. The number of nitrogens with two attached hydrogens (primary N) is 1. The van der Waals surface area contributed by atoms with Crippen LogP contribution in [0.3, 0.4) is 0 Å². The molecule has 2 aromatic heterocycles. The molecule has 12 nitrogen and oxygen atoms in total. The minimum atomic E-state index is -4.67. The molecule has 2 heterocycles. The van der Waals surface area contributed by atoms with Crippen molar-refractivity contribution in [2.45, 2.75) is 6.73 Å². The van der Waals surface area contributed by atoms with Crippen molar-refractivity contribution in [3.8, 4) is 5.88 Å². The van der Waals surface area contributed by atoms with Crippen LogP contribution in [0.1, 0.15) is 0 Å². The molecule has 2 aromatic rings. The normalized spacial score (nSPS) is 11.3. The summed E-state index contributed by atoms with van der Waals surface area (Å²) in [6.07, 6.45) is 1.66. The molecule has 0 aliphatic rings. The van der Waals surface area contributed by atoms with Gasteiger partial charge in [0.05, 0.1) is 20.3 Å². The van der Waals surface area contributed by atoms with Gasteiger partial charge in [0.1, 0.15) is 0 Å². The third-order valence-electron chi connectivity index (χ3n) is 2.25. The number of aliphatic hydroxyl groups excluding tert-OH is 1. The van der Waals surface area contributed by atoms with Crippen molar-refractivity contribution in [1.82, 2.24) is 14.5 Å². The number of aliphatic hydroxyl groups is 1. The molecule has 22 heavy (non-hydrogen) atoms. The molecule has 0 aliphatic carbocycles. The minimum Gasteiger partial charge on any atom is -0.856 e. The summed E-state index contributed by atoms with van der Waals surface area (Å²) < 4.78 is 40.0. The molecule has 124 valence electrons. The summed E-state index contributed by atoms with van der Waals surface area (Å²) in [7, 11) is -2.95. The van der Waals surface area contributed by atoms with Gasteiger partial charge in [0.15, 0.2) is 18.6 Å². The molecule has 0 amide bonds. The van der Waals surface area contributed by atoms with Crippen molar-refractivity contribution in [1.29, 1.82) is 0 Å². The average Bonchev–Trinajstić information content (AvgIpc) is 2.64. The number of rotatable bonds is 4. The smallest absolute Gasteiger partial charge is 0.394 e. The van der Waals surface area contributed by atoms with E-state index in [4.69, 9.17) is 33.1 Å². The number of hydrogen-bond donors (Lipinski definition) is 4. The molecular formula is C9H15N5O7S. The fraction of sp³-hybridized carbons (Fsp3) is 0.444. The third kappa shape index (κ3) is 5.38. The highest BCUT2D eigenvalue weighted by Gasteiger charge is 2.17. The molecule has 2 rings (SSSR count). The number of anilines is 1. The number of imidazole rings is 1. The van der Waals surface area contributed by atoms with E-state index in [1.807, 2.05) is 0 Å². The van der Waals surface area contributed by atoms with E-state index in [1.165, 1.54) is 0 Å². The predicted octanol–water partition coefficient (Wildman–Crippen LogP) is -2.77. The summed E-state index contributed by atoms with van der Waals surface area (Å²) in [6, 6.07) is 0. The number of fused-ring (bicyclic) bond motifs is 1. The van der Waals surface area contributed by atoms with Gasteiger partial charge < -0.3 is 20.7 Å². The van der Waals surface area contributed by atoms with E-state index in [-0.39, 0.29) is 25.9 Å². The molecule has 0 fully saturated rings. The Morgan fingerprint density at radius 1 is 1.45 bits per heavy atom. The number of nitrogens with zero attached hydrogens (tertiary/aromatic N) is 4. The third-order valence-corrected chi connectivity index (χ3v) is 2.25. The van der Waals surface area contributed by atoms with Gasteiger partial charge in [0.2, 0.25) is 0 Å². The first-order valence-corrected chi connectivity index (χ1v) is 7.10. The van der Waals surface area contributed by atoms with Crippen LogP contribution < -0.4 is 15.4 Å².